The lowest BCUT2D eigenvalue weighted by atomic mass is 9.36. The smallest absolute Gasteiger partial charge is 0.434 e. The lowest BCUT2D eigenvalue weighted by Gasteiger charge is -2.69. The van der Waals surface area contributed by atoms with Gasteiger partial charge in [0.25, 0.3) is 5.91 Å². The van der Waals surface area contributed by atoms with Crippen molar-refractivity contribution in [2.75, 3.05) is 44.5 Å². The molecule has 10 nitrogen and oxygen atoms in total. The van der Waals surface area contributed by atoms with Crippen LogP contribution in [0.1, 0.15) is 79.4 Å². The van der Waals surface area contributed by atoms with Crippen LogP contribution in [-0.4, -0.2) is 72.1 Å². The number of rotatable bonds is 8. The standard InChI is InChI=1S/C36H41F3N4O6/c37-36(38,39)29-25(30(44)42-35(31(45)46)23-14-21-13-22-15-28(35)34(21,22)17-23)18-40-32(41-29)43-19-33(6-11-48-12-7-33)26-16-24(1-2-27(26)43)49-10-5-20-3-8-47-9-4-20/h1-2,16,18,20-23,28H,3-15,17,19H2,(H,42,44)(H,45,46). The second-order valence-electron chi connectivity index (χ2n) is 15.6. The van der Waals surface area contributed by atoms with Gasteiger partial charge in [-0.05, 0) is 117 Å². The summed E-state index contributed by atoms with van der Waals surface area (Å²) in [4.78, 5) is 36.6. The number of amides is 1. The zero-order chi connectivity index (χ0) is 33.8. The Hall–Kier alpha value is -3.45. The molecule has 4 aliphatic carbocycles. The number of carboxylic acid groups (broad SMARTS) is 1. The van der Waals surface area contributed by atoms with E-state index in [4.69, 9.17) is 14.2 Å². The molecule has 4 saturated carbocycles. The summed E-state index contributed by atoms with van der Waals surface area (Å²) < 4.78 is 61.4. The van der Waals surface area contributed by atoms with Gasteiger partial charge in [-0.1, -0.05) is 0 Å². The van der Waals surface area contributed by atoms with Crippen molar-refractivity contribution in [3.63, 3.8) is 0 Å². The highest BCUT2D eigenvalue weighted by atomic mass is 19.4. The number of halogens is 3. The topological polar surface area (TPSA) is 123 Å². The minimum atomic E-state index is -4.98. The van der Waals surface area contributed by atoms with Crippen molar-refractivity contribution in [3.05, 3.63) is 41.2 Å². The Bertz CT molecular complexity index is 1690. The summed E-state index contributed by atoms with van der Waals surface area (Å²) in [6, 6.07) is 5.68. The van der Waals surface area contributed by atoms with E-state index in [1.807, 2.05) is 18.2 Å². The highest BCUT2D eigenvalue weighted by Gasteiger charge is 2.83. The van der Waals surface area contributed by atoms with Gasteiger partial charge in [0, 0.05) is 50.3 Å². The van der Waals surface area contributed by atoms with E-state index in [1.54, 1.807) is 4.90 Å². The molecule has 6 fully saturated rings. The molecule has 2 bridgehead atoms. The van der Waals surface area contributed by atoms with Crippen LogP contribution < -0.4 is 15.0 Å². The molecule has 4 heterocycles. The Morgan fingerprint density at radius 1 is 1.04 bits per heavy atom. The van der Waals surface area contributed by atoms with Crippen LogP contribution in [0.4, 0.5) is 24.8 Å². The number of ether oxygens (including phenoxy) is 3. The normalized spacial score (nSPS) is 33.8. The minimum Gasteiger partial charge on any atom is -0.494 e. The SMILES string of the molecule is O=C(NC1(C(=O)O)C2CC3CC4CC1C34C2)c1cnc(N2CC3(CCOCC3)c3cc(OCCC4CCOCC4)ccc32)nc1C(F)(F)F. The summed E-state index contributed by atoms with van der Waals surface area (Å²) in [6.07, 6.45) is 3.44. The maximum atomic E-state index is 14.7. The van der Waals surface area contributed by atoms with Gasteiger partial charge in [0.15, 0.2) is 5.69 Å². The molecule has 2 saturated heterocycles. The molecule has 1 aromatic carbocycles. The minimum absolute atomic E-state index is 0.0808. The molecule has 9 rings (SSSR count). The molecule has 13 heteroatoms. The summed E-state index contributed by atoms with van der Waals surface area (Å²) in [5, 5.41) is 13.1. The number of fused-ring (bicyclic) bond motifs is 3. The number of aromatic nitrogens is 2. The van der Waals surface area contributed by atoms with Crippen LogP contribution in [-0.2, 0) is 25.9 Å². The van der Waals surface area contributed by atoms with E-state index in [-0.39, 0.29) is 28.6 Å². The molecule has 262 valence electrons. The molecule has 7 aliphatic rings. The lowest BCUT2D eigenvalue weighted by molar-refractivity contribution is -0.209. The van der Waals surface area contributed by atoms with Crippen molar-refractivity contribution < 1.29 is 42.1 Å². The molecule has 0 radical (unpaired) electrons. The van der Waals surface area contributed by atoms with Gasteiger partial charge in [-0.25, -0.2) is 14.8 Å². The number of anilines is 2. The van der Waals surface area contributed by atoms with Crippen molar-refractivity contribution in [1.82, 2.24) is 15.3 Å². The summed E-state index contributed by atoms with van der Waals surface area (Å²) in [7, 11) is 0. The molecular formula is C36H41F3N4O6. The highest BCUT2D eigenvalue weighted by molar-refractivity contribution is 5.99. The van der Waals surface area contributed by atoms with Gasteiger partial charge in [-0.15, -0.1) is 0 Å². The van der Waals surface area contributed by atoms with Gasteiger partial charge < -0.3 is 29.5 Å². The highest BCUT2D eigenvalue weighted by Crippen LogP contribution is 2.83. The van der Waals surface area contributed by atoms with Crippen molar-refractivity contribution in [2.45, 2.75) is 74.9 Å². The summed E-state index contributed by atoms with van der Waals surface area (Å²) in [5.74, 6) is -0.770. The average Bonchev–Trinajstić information content (AvgIpc) is 3.69. The molecule has 1 aromatic heterocycles. The third-order valence-corrected chi connectivity index (χ3v) is 13.7. The Labute approximate surface area is 282 Å². The number of alkyl halides is 3. The Morgan fingerprint density at radius 2 is 1.78 bits per heavy atom. The first-order valence-electron chi connectivity index (χ1n) is 17.8. The van der Waals surface area contributed by atoms with Crippen LogP contribution in [0, 0.1) is 35.0 Å². The molecule has 6 unspecified atom stereocenters. The van der Waals surface area contributed by atoms with Gasteiger partial charge in [-0.2, -0.15) is 13.2 Å². The maximum absolute atomic E-state index is 14.7. The van der Waals surface area contributed by atoms with Crippen LogP contribution >= 0.6 is 0 Å². The second-order valence-corrected chi connectivity index (χ2v) is 15.6. The predicted molar refractivity (Wildman–Crippen MR) is 169 cm³/mol. The number of carbonyl (C=O) groups is 2. The van der Waals surface area contributed by atoms with Crippen LogP contribution in [0.2, 0.25) is 0 Å². The Morgan fingerprint density at radius 3 is 2.49 bits per heavy atom. The fraction of sp³-hybridized carbons (Fsp3) is 0.667. The fourth-order valence-corrected chi connectivity index (χ4v) is 11.3. The first-order valence-corrected chi connectivity index (χ1v) is 17.8. The number of benzene rings is 1. The molecule has 2 aromatic rings. The number of nitrogens with one attached hydrogen (secondary N) is 1. The van der Waals surface area contributed by atoms with E-state index in [0.717, 1.165) is 50.7 Å². The average molecular weight is 683 g/mol. The number of carbonyl (C=O) groups excluding carboxylic acids is 1. The van der Waals surface area contributed by atoms with E-state index >= 15 is 0 Å². The number of hydrogen-bond donors (Lipinski definition) is 2. The number of aliphatic carboxylic acids is 1. The number of hydrogen-bond acceptors (Lipinski definition) is 8. The summed E-state index contributed by atoms with van der Waals surface area (Å²) in [6.45, 7) is 3.52. The second kappa shape index (κ2) is 11.0. The summed E-state index contributed by atoms with van der Waals surface area (Å²) >= 11 is 0. The van der Waals surface area contributed by atoms with Gasteiger partial charge in [0.1, 0.15) is 11.3 Å². The van der Waals surface area contributed by atoms with Crippen LogP contribution in [0.5, 0.6) is 5.75 Å². The van der Waals surface area contributed by atoms with Crippen molar-refractivity contribution >= 4 is 23.5 Å². The van der Waals surface area contributed by atoms with E-state index in [1.165, 1.54) is 0 Å². The molecule has 3 aliphatic heterocycles. The van der Waals surface area contributed by atoms with Gasteiger partial charge >= 0.3 is 12.1 Å². The molecule has 2 spiro atoms. The van der Waals surface area contributed by atoms with E-state index in [9.17, 15) is 27.9 Å². The van der Waals surface area contributed by atoms with E-state index in [2.05, 4.69) is 15.3 Å². The van der Waals surface area contributed by atoms with Crippen LogP contribution in [0.15, 0.2) is 24.4 Å². The first-order chi connectivity index (χ1) is 23.5. The van der Waals surface area contributed by atoms with Gasteiger partial charge in [-0.3, -0.25) is 4.79 Å². The zero-order valence-corrected chi connectivity index (χ0v) is 27.3. The van der Waals surface area contributed by atoms with Gasteiger partial charge in [0.2, 0.25) is 5.95 Å². The zero-order valence-electron chi connectivity index (χ0n) is 27.3. The lowest BCUT2D eigenvalue weighted by Crippen LogP contribution is -2.73. The molecular weight excluding hydrogens is 641 g/mol. The predicted octanol–water partition coefficient (Wildman–Crippen LogP) is 5.51. The molecule has 2 N–H and O–H groups in total. The first kappa shape index (κ1) is 31.5. The largest absolute Gasteiger partial charge is 0.494 e. The third-order valence-electron chi connectivity index (χ3n) is 13.7. The Kier molecular flexibility index (Phi) is 7.09. The Balaban J connectivity index is 1.00. The number of carboxylic acids is 1. The summed E-state index contributed by atoms with van der Waals surface area (Å²) in [5.41, 5.74) is -2.50. The van der Waals surface area contributed by atoms with Crippen molar-refractivity contribution in [1.29, 1.82) is 0 Å². The van der Waals surface area contributed by atoms with Crippen molar-refractivity contribution in [3.8, 4) is 5.75 Å². The van der Waals surface area contributed by atoms with E-state index < -0.39 is 34.8 Å². The van der Waals surface area contributed by atoms with Gasteiger partial charge in [0.05, 0.1) is 12.2 Å². The van der Waals surface area contributed by atoms with Crippen molar-refractivity contribution in [2.24, 2.45) is 35.0 Å². The monoisotopic (exact) mass is 682 g/mol. The maximum Gasteiger partial charge on any atom is 0.434 e. The molecule has 1 amide bonds. The quantitative estimate of drug-likeness (QED) is 0.371. The molecule has 6 atom stereocenters. The van der Waals surface area contributed by atoms with Crippen LogP contribution in [0.3, 0.4) is 0 Å². The third kappa shape index (κ3) is 4.52. The fourth-order valence-electron chi connectivity index (χ4n) is 11.3. The number of nitrogens with zero attached hydrogens (tertiary/aromatic N) is 3. The molecule has 49 heavy (non-hydrogen) atoms. The van der Waals surface area contributed by atoms with E-state index in [0.29, 0.717) is 87.7 Å². The van der Waals surface area contributed by atoms with Crippen LogP contribution in [0.25, 0.3) is 0 Å².